The molecule has 0 unspecified atom stereocenters. The van der Waals surface area contributed by atoms with E-state index in [0.717, 1.165) is 0 Å². The number of carbonyl (C=O) groups is 2. The van der Waals surface area contributed by atoms with Gasteiger partial charge in [0.2, 0.25) is 0 Å². The number of methoxy groups -OCH3 is 2. The Morgan fingerprint density at radius 3 is 1.63 bits per heavy atom. The molecule has 0 saturated carbocycles. The van der Waals surface area contributed by atoms with Crippen LogP contribution in [0.25, 0.3) is 0 Å². The molecule has 0 aliphatic heterocycles. The molecule has 224 valence electrons. The van der Waals surface area contributed by atoms with Gasteiger partial charge in [-0.3, -0.25) is 0 Å². The Kier molecular flexibility index (Phi) is 16.1. The molecule has 0 radical (unpaired) electrons. The molecule has 13 heteroatoms. The van der Waals surface area contributed by atoms with Crippen molar-refractivity contribution in [3.05, 3.63) is 32.9 Å². The van der Waals surface area contributed by atoms with E-state index in [1.165, 1.54) is 14.2 Å². The first-order valence-electron chi connectivity index (χ1n) is 12.6. The van der Waals surface area contributed by atoms with Gasteiger partial charge in [0.25, 0.3) is 0 Å². The predicted octanol–water partition coefficient (Wildman–Crippen LogP) is 5.03. The van der Waals surface area contributed by atoms with Crippen molar-refractivity contribution in [3.8, 4) is 34.9 Å². The number of ether oxygens (including phenoxy) is 4. The van der Waals surface area contributed by atoms with Gasteiger partial charge in [-0.1, -0.05) is 45.2 Å². The molecule has 0 bridgehead atoms. The number of hydrogen-bond acceptors (Lipinski definition) is 10. The summed E-state index contributed by atoms with van der Waals surface area (Å²) in [6, 6.07) is 3.11. The van der Waals surface area contributed by atoms with E-state index >= 15 is 0 Å². The van der Waals surface area contributed by atoms with Crippen molar-refractivity contribution in [1.82, 2.24) is 9.97 Å². The van der Waals surface area contributed by atoms with Gasteiger partial charge in [0.15, 0.2) is 22.9 Å². The van der Waals surface area contributed by atoms with Crippen molar-refractivity contribution < 1.29 is 28.5 Å². The lowest BCUT2D eigenvalue weighted by molar-refractivity contribution is 0.0505. The number of hydrogen-bond donors (Lipinski definition) is 2. The van der Waals surface area contributed by atoms with Crippen LogP contribution in [0, 0.1) is 27.1 Å². The zero-order chi connectivity index (χ0) is 32.0. The highest BCUT2D eigenvalue weighted by Gasteiger charge is 2.19. The summed E-state index contributed by atoms with van der Waals surface area (Å²) in [4.78, 5) is 31.5. The Morgan fingerprint density at radius 2 is 1.27 bits per heavy atom. The molecule has 2 heterocycles. The standard InChI is InChI=1S/C14H20N2O3Si.C9H11IN2O3.C5H10Si/c1-6-19-14(17)13-12(18-2)9-10(15)11(16-13)7-8-20(3,4)5;1-3-15-9(13)7-6(14-2)4-5(11)8(10)12-7;1-5-6(2,3)4/h9H,6,15H2,1-5H3;4H,3,11H2,1-2H3;1H,2-4H3. The molecule has 0 spiro atoms. The topological polar surface area (TPSA) is 149 Å². The van der Waals surface area contributed by atoms with Crippen molar-refractivity contribution >= 4 is 62.1 Å². The van der Waals surface area contributed by atoms with E-state index in [-0.39, 0.29) is 18.0 Å². The quantitative estimate of drug-likeness (QED) is 0.137. The highest BCUT2D eigenvalue weighted by Crippen LogP contribution is 2.24. The Morgan fingerprint density at radius 1 is 0.854 bits per heavy atom. The predicted molar refractivity (Wildman–Crippen MR) is 177 cm³/mol. The molecule has 10 nitrogen and oxygen atoms in total. The zero-order valence-electron chi connectivity index (χ0n) is 25.5. The fourth-order valence-corrected chi connectivity index (χ4v) is 3.24. The second-order valence-corrected chi connectivity index (χ2v) is 20.8. The lowest BCUT2D eigenvalue weighted by Gasteiger charge is -2.09. The van der Waals surface area contributed by atoms with Crippen molar-refractivity contribution in [2.24, 2.45) is 0 Å². The van der Waals surface area contributed by atoms with Crippen LogP contribution in [0.15, 0.2) is 12.1 Å². The van der Waals surface area contributed by atoms with Crippen molar-refractivity contribution in [2.75, 3.05) is 38.9 Å². The molecule has 0 aliphatic carbocycles. The van der Waals surface area contributed by atoms with Gasteiger partial charge in [-0.2, -0.15) is 0 Å². The van der Waals surface area contributed by atoms with E-state index in [1.54, 1.807) is 26.0 Å². The number of carbonyl (C=O) groups excluding carboxylic acids is 2. The SMILES string of the molecule is C#C[Si](C)(C)C.CCOC(=O)c1nc(C#C[Si](C)(C)C)c(N)cc1OC.CCOC(=O)c1nc(I)c(N)cc1OC. The van der Waals surface area contributed by atoms with E-state index < -0.39 is 28.1 Å². The number of nitrogen functional groups attached to an aromatic ring is 2. The average molecular weight is 713 g/mol. The van der Waals surface area contributed by atoms with E-state index in [0.29, 0.717) is 38.9 Å². The lowest BCUT2D eigenvalue weighted by Crippen LogP contribution is -2.17. The van der Waals surface area contributed by atoms with Crippen LogP contribution >= 0.6 is 22.6 Å². The second kappa shape index (κ2) is 17.5. The molecule has 0 fully saturated rings. The molecule has 2 aromatic heterocycles. The fourth-order valence-electron chi connectivity index (χ4n) is 2.35. The van der Waals surface area contributed by atoms with E-state index in [9.17, 15) is 9.59 Å². The van der Waals surface area contributed by atoms with Gasteiger partial charge in [0, 0.05) is 12.1 Å². The number of esters is 2. The minimum atomic E-state index is -1.55. The highest BCUT2D eigenvalue weighted by molar-refractivity contribution is 14.1. The van der Waals surface area contributed by atoms with Gasteiger partial charge in [0.05, 0.1) is 38.8 Å². The van der Waals surface area contributed by atoms with Crippen molar-refractivity contribution in [2.45, 2.75) is 53.1 Å². The maximum atomic E-state index is 11.8. The largest absolute Gasteiger partial charge is 0.494 e. The molecule has 0 atom stereocenters. The summed E-state index contributed by atoms with van der Waals surface area (Å²) in [7, 11) is 0.249. The van der Waals surface area contributed by atoms with Crippen molar-refractivity contribution in [1.29, 1.82) is 0 Å². The van der Waals surface area contributed by atoms with Crippen LogP contribution < -0.4 is 20.9 Å². The Balaban J connectivity index is 0.000000669. The number of halogens is 1. The van der Waals surface area contributed by atoms with E-state index in [1.807, 2.05) is 22.6 Å². The van der Waals surface area contributed by atoms with E-state index in [4.69, 9.17) is 36.8 Å². The smallest absolute Gasteiger partial charge is 0.360 e. The molecule has 0 saturated heterocycles. The van der Waals surface area contributed by atoms with Crippen molar-refractivity contribution in [3.63, 3.8) is 0 Å². The minimum Gasteiger partial charge on any atom is -0.494 e. The molecular formula is C28H41IN4O6Si2. The third-order valence-electron chi connectivity index (χ3n) is 4.35. The summed E-state index contributed by atoms with van der Waals surface area (Å²) in [5.74, 6) is 2.52. The third-order valence-corrected chi connectivity index (χ3v) is 6.96. The number of terminal acetylenes is 1. The number of pyridine rings is 2. The number of rotatable bonds is 6. The lowest BCUT2D eigenvalue weighted by atomic mass is 10.2. The molecule has 2 rings (SSSR count). The van der Waals surface area contributed by atoms with Crippen LogP contribution in [-0.2, 0) is 9.47 Å². The van der Waals surface area contributed by atoms with Crippen LogP contribution in [0.5, 0.6) is 11.5 Å². The van der Waals surface area contributed by atoms with Crippen LogP contribution in [-0.4, -0.2) is 65.5 Å². The van der Waals surface area contributed by atoms with Gasteiger partial charge in [-0.05, 0) is 36.4 Å². The van der Waals surface area contributed by atoms with Gasteiger partial charge < -0.3 is 30.4 Å². The van der Waals surface area contributed by atoms with Crippen LogP contribution in [0.4, 0.5) is 11.4 Å². The molecule has 0 aromatic carbocycles. The van der Waals surface area contributed by atoms with Crippen LogP contribution in [0.2, 0.25) is 39.3 Å². The minimum absolute atomic E-state index is 0.100. The molecule has 41 heavy (non-hydrogen) atoms. The number of nitrogens with zero attached hydrogens (tertiary/aromatic N) is 2. The fraction of sp³-hybridized carbons (Fsp3) is 0.429. The van der Waals surface area contributed by atoms with Gasteiger partial charge >= 0.3 is 11.9 Å². The molecule has 0 amide bonds. The Hall–Kier alpha value is -3.28. The number of nitrogens with two attached hydrogens (primary N) is 2. The molecular weight excluding hydrogens is 671 g/mol. The average Bonchev–Trinajstić information content (AvgIpc) is 2.89. The summed E-state index contributed by atoms with van der Waals surface area (Å²) >= 11 is 1.95. The Labute approximate surface area is 259 Å². The summed E-state index contributed by atoms with van der Waals surface area (Å²) < 4.78 is 20.5. The van der Waals surface area contributed by atoms with Crippen LogP contribution in [0.3, 0.4) is 0 Å². The Bertz CT molecular complexity index is 1310. The number of aromatic nitrogens is 2. The molecule has 4 N–H and O–H groups in total. The number of anilines is 2. The van der Waals surface area contributed by atoms with Gasteiger partial charge in [-0.25, -0.2) is 19.6 Å². The van der Waals surface area contributed by atoms with Gasteiger partial charge in [-0.15, -0.1) is 17.5 Å². The summed E-state index contributed by atoms with van der Waals surface area (Å²) in [5, 5.41) is 0. The second-order valence-electron chi connectivity index (χ2n) is 10.2. The maximum absolute atomic E-state index is 11.8. The van der Waals surface area contributed by atoms with E-state index in [2.05, 4.69) is 66.3 Å². The summed E-state index contributed by atoms with van der Waals surface area (Å²) in [6.45, 7) is 16.8. The summed E-state index contributed by atoms with van der Waals surface area (Å²) in [5.41, 5.74) is 18.9. The normalized spacial score (nSPS) is 10.2. The molecule has 2 aromatic rings. The maximum Gasteiger partial charge on any atom is 0.360 e. The first-order valence-corrected chi connectivity index (χ1v) is 20.7. The van der Waals surface area contributed by atoms with Gasteiger partial charge in [0.1, 0.15) is 25.5 Å². The molecule has 0 aliphatic rings. The third kappa shape index (κ3) is 14.3. The highest BCUT2D eigenvalue weighted by atomic mass is 127. The first-order chi connectivity index (χ1) is 18.9. The summed E-state index contributed by atoms with van der Waals surface area (Å²) in [6.07, 6.45) is 5.12. The first kappa shape index (κ1) is 37.7. The monoisotopic (exact) mass is 712 g/mol. The van der Waals surface area contributed by atoms with Crippen LogP contribution in [0.1, 0.15) is 40.5 Å². The zero-order valence-corrected chi connectivity index (χ0v) is 29.7.